The molecule has 7 rings (SSSR count). The molecule has 0 heterocycles. The summed E-state index contributed by atoms with van der Waals surface area (Å²) < 4.78 is 0. The normalized spacial score (nSPS) is 45.4. The molecule has 7 aliphatic rings. The third-order valence-electron chi connectivity index (χ3n) is 16.4. The Balaban J connectivity index is 1.42. The molecular formula is C45H70. The van der Waals surface area contributed by atoms with Crippen molar-refractivity contribution in [3.05, 3.63) is 46.6 Å². The van der Waals surface area contributed by atoms with Gasteiger partial charge in [0.2, 0.25) is 0 Å². The molecule has 0 bridgehead atoms. The van der Waals surface area contributed by atoms with Crippen LogP contribution in [0.15, 0.2) is 46.6 Å². The monoisotopic (exact) mass is 611 g/mol. The number of fused-ring (bicyclic) bond motifs is 6. The predicted octanol–water partition coefficient (Wildman–Crippen LogP) is 12.9. The zero-order chi connectivity index (χ0) is 32.9. The Kier molecular flexibility index (Phi) is 7.06. The van der Waals surface area contributed by atoms with Crippen molar-refractivity contribution in [2.45, 2.75) is 142 Å². The summed E-state index contributed by atoms with van der Waals surface area (Å²) in [6.45, 7) is 36.1. The van der Waals surface area contributed by atoms with Gasteiger partial charge in [0.15, 0.2) is 0 Å². The molecule has 250 valence electrons. The van der Waals surface area contributed by atoms with E-state index in [-0.39, 0.29) is 21.7 Å². The van der Waals surface area contributed by atoms with Gasteiger partial charge in [-0.3, -0.25) is 0 Å². The fraction of sp³-hybridized carbons (Fsp3) is 0.822. The second-order valence-corrected chi connectivity index (χ2v) is 22.1. The quantitative estimate of drug-likeness (QED) is 0.292. The van der Waals surface area contributed by atoms with Crippen molar-refractivity contribution in [3.8, 4) is 0 Å². The first-order valence-corrected chi connectivity index (χ1v) is 19.5. The molecule has 0 aromatic rings. The average molecular weight is 611 g/mol. The Hall–Kier alpha value is -1.04. The molecule has 0 nitrogen and oxygen atoms in total. The first-order chi connectivity index (χ1) is 20.6. The van der Waals surface area contributed by atoms with Gasteiger partial charge in [-0.1, -0.05) is 121 Å². The van der Waals surface area contributed by atoms with Crippen molar-refractivity contribution >= 4 is 0 Å². The minimum atomic E-state index is 0.282. The van der Waals surface area contributed by atoms with Crippen molar-refractivity contribution < 1.29 is 0 Å². The van der Waals surface area contributed by atoms with Crippen LogP contribution in [-0.4, -0.2) is 0 Å². The van der Waals surface area contributed by atoms with Gasteiger partial charge in [-0.05, 0) is 159 Å². The van der Waals surface area contributed by atoms with E-state index in [9.17, 15) is 0 Å². The first-order valence-electron chi connectivity index (χ1n) is 19.5. The van der Waals surface area contributed by atoms with Crippen LogP contribution in [0, 0.1) is 91.7 Å². The minimum absolute atomic E-state index is 0.282. The highest BCUT2D eigenvalue weighted by Crippen LogP contribution is 2.72. The molecule has 0 amide bonds. The van der Waals surface area contributed by atoms with Gasteiger partial charge in [-0.2, -0.15) is 0 Å². The third-order valence-corrected chi connectivity index (χ3v) is 16.4. The molecule has 5 fully saturated rings. The standard InChI is InChI=1S/C45H70/c1-26(2)33-25-45(14,34-20-27(19-30(33)34)40(3,4)5)39-31-23-37-35(41(6,7)15-17-43(37,10)11)21-28(31)29-22-36-38(24-32(29)39)44(12,13)18-16-42(36,8)9/h21-24,26-34,39H,15-20,25H2,1-14H3/t27?,28?,29?,30?,31?,32?,33-,34?,39?,45?/m1/s1. The van der Waals surface area contributed by atoms with Crippen LogP contribution in [0.25, 0.3) is 0 Å². The lowest BCUT2D eigenvalue weighted by molar-refractivity contribution is 0.0599. The van der Waals surface area contributed by atoms with Crippen LogP contribution in [0.5, 0.6) is 0 Å². The molecule has 0 spiro atoms. The smallest absolute Gasteiger partial charge is 0.00921 e. The Bertz CT molecular complexity index is 1280. The van der Waals surface area contributed by atoms with Crippen LogP contribution >= 0.6 is 0 Å². The molecule has 0 N–H and O–H groups in total. The molecule has 7 aliphatic carbocycles. The molecule has 0 aromatic carbocycles. The maximum Gasteiger partial charge on any atom is -0.00921 e. The van der Waals surface area contributed by atoms with Crippen LogP contribution in [0.1, 0.15) is 142 Å². The zero-order valence-corrected chi connectivity index (χ0v) is 32.0. The highest BCUT2D eigenvalue weighted by molar-refractivity contribution is 5.51. The predicted molar refractivity (Wildman–Crippen MR) is 194 cm³/mol. The van der Waals surface area contributed by atoms with Crippen molar-refractivity contribution in [1.82, 2.24) is 0 Å². The summed E-state index contributed by atoms with van der Waals surface area (Å²) in [5.41, 5.74) is 8.86. The summed E-state index contributed by atoms with van der Waals surface area (Å²) in [4.78, 5) is 0. The largest absolute Gasteiger partial charge is 0.0764 e. The van der Waals surface area contributed by atoms with Gasteiger partial charge >= 0.3 is 0 Å². The van der Waals surface area contributed by atoms with Crippen LogP contribution in [-0.2, 0) is 0 Å². The topological polar surface area (TPSA) is 0 Å². The van der Waals surface area contributed by atoms with Gasteiger partial charge in [0.05, 0.1) is 0 Å². The van der Waals surface area contributed by atoms with Crippen LogP contribution in [0.3, 0.4) is 0 Å². The van der Waals surface area contributed by atoms with Gasteiger partial charge in [0.25, 0.3) is 0 Å². The van der Waals surface area contributed by atoms with Gasteiger partial charge in [0.1, 0.15) is 0 Å². The molecule has 0 heteroatoms. The van der Waals surface area contributed by atoms with Gasteiger partial charge in [0, 0.05) is 0 Å². The zero-order valence-electron chi connectivity index (χ0n) is 32.0. The number of allylic oxidation sites excluding steroid dienone is 8. The maximum absolute atomic E-state index is 2.96. The Labute approximate surface area is 279 Å². The van der Waals surface area contributed by atoms with Crippen molar-refractivity contribution in [3.63, 3.8) is 0 Å². The highest BCUT2D eigenvalue weighted by Gasteiger charge is 2.65. The van der Waals surface area contributed by atoms with E-state index in [1.54, 1.807) is 22.3 Å². The van der Waals surface area contributed by atoms with E-state index in [1.165, 1.54) is 44.9 Å². The van der Waals surface area contributed by atoms with Crippen molar-refractivity contribution in [1.29, 1.82) is 0 Å². The molecule has 9 atom stereocenters. The Morgan fingerprint density at radius 2 is 0.956 bits per heavy atom. The lowest BCUT2D eigenvalue weighted by Crippen LogP contribution is -2.41. The third kappa shape index (κ3) is 4.69. The second kappa shape index (κ2) is 9.78. The summed E-state index contributed by atoms with van der Waals surface area (Å²) in [6, 6.07) is 0. The maximum atomic E-state index is 2.96. The SMILES string of the molecule is CC(C)[C@H]1CC(C)(C2C3C=C4C(=CC3C3C=C5C(=CC32)C(C)(C)CCC5(C)C)C(C)(C)CCC4(C)C)C2CC(C(C)(C)C)CC21. The minimum Gasteiger partial charge on any atom is -0.0764 e. The molecule has 0 aromatic heterocycles. The van der Waals surface area contributed by atoms with E-state index >= 15 is 0 Å². The molecule has 0 radical (unpaired) electrons. The fourth-order valence-corrected chi connectivity index (χ4v) is 13.2. The second-order valence-electron chi connectivity index (χ2n) is 22.1. The van der Waals surface area contributed by atoms with Crippen molar-refractivity contribution in [2.75, 3.05) is 0 Å². The van der Waals surface area contributed by atoms with E-state index in [1.807, 2.05) is 0 Å². The average Bonchev–Trinajstić information content (AvgIpc) is 3.59. The fourth-order valence-electron chi connectivity index (χ4n) is 13.2. The highest BCUT2D eigenvalue weighted by atomic mass is 14.7. The molecular weight excluding hydrogens is 540 g/mol. The Morgan fingerprint density at radius 1 is 0.578 bits per heavy atom. The summed E-state index contributed by atoms with van der Waals surface area (Å²) in [5, 5.41) is 0. The molecule has 0 saturated heterocycles. The van der Waals surface area contributed by atoms with Crippen LogP contribution < -0.4 is 0 Å². The van der Waals surface area contributed by atoms with Gasteiger partial charge in [-0.25, -0.2) is 0 Å². The van der Waals surface area contributed by atoms with Crippen LogP contribution in [0.4, 0.5) is 0 Å². The number of hydrogen-bond acceptors (Lipinski definition) is 0. The van der Waals surface area contributed by atoms with Gasteiger partial charge < -0.3 is 0 Å². The molecule has 8 unspecified atom stereocenters. The molecule has 0 aliphatic heterocycles. The number of rotatable bonds is 2. The summed E-state index contributed by atoms with van der Waals surface area (Å²) in [5.74, 6) is 7.67. The summed E-state index contributed by atoms with van der Waals surface area (Å²) in [6.07, 6.45) is 21.4. The summed E-state index contributed by atoms with van der Waals surface area (Å²) in [7, 11) is 0. The summed E-state index contributed by atoms with van der Waals surface area (Å²) >= 11 is 0. The van der Waals surface area contributed by atoms with E-state index in [0.29, 0.717) is 34.5 Å². The molecule has 45 heavy (non-hydrogen) atoms. The molecule has 5 saturated carbocycles. The lowest BCUT2D eigenvalue weighted by atomic mass is 9.55. The first kappa shape index (κ1) is 32.5. The van der Waals surface area contributed by atoms with E-state index in [0.717, 1.165) is 35.5 Å². The Morgan fingerprint density at radius 3 is 1.31 bits per heavy atom. The van der Waals surface area contributed by atoms with Gasteiger partial charge in [-0.15, -0.1) is 0 Å². The van der Waals surface area contributed by atoms with E-state index in [2.05, 4.69) is 121 Å². The van der Waals surface area contributed by atoms with E-state index < -0.39 is 0 Å². The van der Waals surface area contributed by atoms with Crippen LogP contribution in [0.2, 0.25) is 0 Å². The van der Waals surface area contributed by atoms with E-state index in [4.69, 9.17) is 0 Å². The van der Waals surface area contributed by atoms with Crippen molar-refractivity contribution in [2.24, 2.45) is 91.7 Å². The lowest BCUT2D eigenvalue weighted by Gasteiger charge is -2.49. The number of hydrogen-bond donors (Lipinski definition) is 0.